The lowest BCUT2D eigenvalue weighted by Crippen LogP contribution is -2.46. The Morgan fingerprint density at radius 2 is 2.12 bits per heavy atom. The second-order valence-corrected chi connectivity index (χ2v) is 6.62. The Morgan fingerprint density at radius 3 is 2.75 bits per heavy atom. The summed E-state index contributed by atoms with van der Waals surface area (Å²) in [5, 5.41) is 10.2. The molecular formula is C16H20N4O3S. The molecule has 1 saturated heterocycles. The summed E-state index contributed by atoms with van der Waals surface area (Å²) >= 11 is 1.53. The van der Waals surface area contributed by atoms with Crippen LogP contribution in [0.5, 0.6) is 0 Å². The summed E-state index contributed by atoms with van der Waals surface area (Å²) in [7, 11) is 0. The van der Waals surface area contributed by atoms with Crippen molar-refractivity contribution >= 4 is 23.1 Å². The molecule has 7 nitrogen and oxygen atoms in total. The molecule has 0 N–H and O–H groups in total. The van der Waals surface area contributed by atoms with E-state index in [1.165, 1.54) is 11.3 Å². The Labute approximate surface area is 144 Å². The highest BCUT2D eigenvalue weighted by atomic mass is 32.1. The zero-order valence-electron chi connectivity index (χ0n) is 13.9. The molecule has 24 heavy (non-hydrogen) atoms. The van der Waals surface area contributed by atoms with Gasteiger partial charge >= 0.3 is 5.97 Å². The number of morpholine rings is 1. The summed E-state index contributed by atoms with van der Waals surface area (Å²) in [6.45, 7) is 7.32. The van der Waals surface area contributed by atoms with Crippen molar-refractivity contribution in [2.45, 2.75) is 33.0 Å². The van der Waals surface area contributed by atoms with Gasteiger partial charge in [0.2, 0.25) is 5.69 Å². The second kappa shape index (κ2) is 7.23. The molecule has 1 aliphatic heterocycles. The number of thiophene rings is 1. The van der Waals surface area contributed by atoms with Crippen LogP contribution in [0.15, 0.2) is 17.5 Å². The van der Waals surface area contributed by atoms with Crippen LogP contribution in [0.2, 0.25) is 0 Å². The number of carbonyl (C=O) groups is 1. The van der Waals surface area contributed by atoms with Crippen molar-refractivity contribution < 1.29 is 14.3 Å². The summed E-state index contributed by atoms with van der Waals surface area (Å²) in [4.78, 5) is 19.8. The number of rotatable bonds is 4. The Balaban J connectivity index is 2.01. The highest BCUT2D eigenvalue weighted by molar-refractivity contribution is 7.13. The van der Waals surface area contributed by atoms with Crippen LogP contribution in [-0.2, 0) is 9.47 Å². The number of carbonyl (C=O) groups excluding carboxylic acids is 1. The fourth-order valence-corrected chi connectivity index (χ4v) is 3.38. The molecule has 0 aliphatic carbocycles. The smallest absolute Gasteiger partial charge is 0.362 e. The molecule has 0 amide bonds. The topological polar surface area (TPSA) is 77.4 Å². The molecule has 0 aromatic carbocycles. The summed E-state index contributed by atoms with van der Waals surface area (Å²) in [6.07, 6.45) is 0.0906. The molecule has 1 aliphatic rings. The Hall–Kier alpha value is -2.06. The van der Waals surface area contributed by atoms with Crippen LogP contribution in [0.1, 0.15) is 31.3 Å². The third kappa shape index (κ3) is 3.54. The molecule has 128 valence electrons. The van der Waals surface area contributed by atoms with E-state index < -0.39 is 5.97 Å². The van der Waals surface area contributed by atoms with E-state index in [4.69, 9.17) is 9.47 Å². The van der Waals surface area contributed by atoms with E-state index in [9.17, 15) is 4.79 Å². The number of hydrogen-bond acceptors (Lipinski definition) is 8. The van der Waals surface area contributed by atoms with Crippen molar-refractivity contribution in [3.05, 3.63) is 23.2 Å². The molecule has 2 atom stereocenters. The number of aromatic nitrogens is 3. The van der Waals surface area contributed by atoms with Gasteiger partial charge in [-0.15, -0.1) is 21.5 Å². The highest BCUT2D eigenvalue weighted by Gasteiger charge is 2.29. The van der Waals surface area contributed by atoms with Gasteiger partial charge < -0.3 is 14.4 Å². The van der Waals surface area contributed by atoms with Crippen molar-refractivity contribution in [3.63, 3.8) is 0 Å². The van der Waals surface area contributed by atoms with Crippen molar-refractivity contribution in [2.75, 3.05) is 24.6 Å². The van der Waals surface area contributed by atoms with Crippen LogP contribution >= 0.6 is 11.3 Å². The number of anilines is 1. The van der Waals surface area contributed by atoms with E-state index in [0.29, 0.717) is 24.7 Å². The van der Waals surface area contributed by atoms with Gasteiger partial charge in [-0.05, 0) is 32.2 Å². The van der Waals surface area contributed by atoms with Gasteiger partial charge in [-0.3, -0.25) is 0 Å². The van der Waals surface area contributed by atoms with E-state index in [1.54, 1.807) is 6.92 Å². The molecule has 3 heterocycles. The van der Waals surface area contributed by atoms with Gasteiger partial charge in [0.1, 0.15) is 0 Å². The molecule has 8 heteroatoms. The van der Waals surface area contributed by atoms with Crippen molar-refractivity contribution in [2.24, 2.45) is 0 Å². The van der Waals surface area contributed by atoms with Crippen LogP contribution in [-0.4, -0.2) is 53.1 Å². The van der Waals surface area contributed by atoms with Crippen LogP contribution < -0.4 is 4.90 Å². The molecule has 2 aromatic rings. The highest BCUT2D eigenvalue weighted by Crippen LogP contribution is 2.26. The Morgan fingerprint density at radius 1 is 1.38 bits per heavy atom. The Bertz CT molecular complexity index is 697. The van der Waals surface area contributed by atoms with Crippen LogP contribution in [0.3, 0.4) is 0 Å². The van der Waals surface area contributed by atoms with E-state index in [0.717, 1.165) is 4.88 Å². The number of hydrogen-bond donors (Lipinski definition) is 0. The molecule has 1 fully saturated rings. The van der Waals surface area contributed by atoms with Crippen molar-refractivity contribution in [1.82, 2.24) is 15.2 Å². The maximum atomic E-state index is 12.2. The van der Waals surface area contributed by atoms with Gasteiger partial charge in [0.25, 0.3) is 0 Å². The lowest BCUT2D eigenvalue weighted by molar-refractivity contribution is -0.00564. The normalized spacial score (nSPS) is 20.9. The molecule has 0 saturated carbocycles. The molecular weight excluding hydrogens is 328 g/mol. The fraction of sp³-hybridized carbons (Fsp3) is 0.500. The van der Waals surface area contributed by atoms with E-state index in [1.807, 2.05) is 36.3 Å². The molecule has 0 bridgehead atoms. The lowest BCUT2D eigenvalue weighted by Gasteiger charge is -2.36. The first kappa shape index (κ1) is 16.8. The largest absolute Gasteiger partial charge is 0.461 e. The van der Waals surface area contributed by atoms with E-state index in [-0.39, 0.29) is 24.5 Å². The monoisotopic (exact) mass is 348 g/mol. The molecule has 2 aromatic heterocycles. The van der Waals surface area contributed by atoms with Crippen molar-refractivity contribution in [3.8, 4) is 10.7 Å². The summed E-state index contributed by atoms with van der Waals surface area (Å²) in [5.41, 5.74) is 0.151. The average Bonchev–Trinajstić information content (AvgIpc) is 3.08. The number of esters is 1. The van der Waals surface area contributed by atoms with Crippen LogP contribution in [0, 0.1) is 0 Å². The quantitative estimate of drug-likeness (QED) is 0.785. The SMILES string of the molecule is CCOC(=O)c1nnc(-c2cccs2)nc1N1C[C@H](C)O[C@@H](C)C1. The van der Waals surface area contributed by atoms with Gasteiger partial charge in [-0.25, -0.2) is 9.78 Å². The predicted octanol–water partition coefficient (Wildman–Crippen LogP) is 2.39. The Kier molecular flexibility index (Phi) is 5.06. The molecule has 3 rings (SSSR count). The zero-order chi connectivity index (χ0) is 17.1. The van der Waals surface area contributed by atoms with E-state index in [2.05, 4.69) is 15.2 Å². The second-order valence-electron chi connectivity index (χ2n) is 5.67. The molecule has 0 unspecified atom stereocenters. The van der Waals surface area contributed by atoms with Crippen LogP contribution in [0.25, 0.3) is 10.7 Å². The third-order valence-electron chi connectivity index (χ3n) is 3.60. The van der Waals surface area contributed by atoms with Gasteiger partial charge in [-0.1, -0.05) is 6.07 Å². The van der Waals surface area contributed by atoms with Gasteiger partial charge in [0.05, 0.1) is 23.7 Å². The minimum atomic E-state index is -0.503. The zero-order valence-corrected chi connectivity index (χ0v) is 14.7. The first-order chi connectivity index (χ1) is 11.6. The predicted molar refractivity (Wildman–Crippen MR) is 91.3 cm³/mol. The summed E-state index contributed by atoms with van der Waals surface area (Å²) in [6, 6.07) is 3.86. The maximum absolute atomic E-state index is 12.2. The summed E-state index contributed by atoms with van der Waals surface area (Å²) in [5.74, 6) is 0.519. The third-order valence-corrected chi connectivity index (χ3v) is 4.46. The minimum absolute atomic E-state index is 0.0453. The number of ether oxygens (including phenoxy) is 2. The van der Waals surface area contributed by atoms with Gasteiger partial charge in [-0.2, -0.15) is 0 Å². The number of nitrogens with zero attached hydrogens (tertiary/aromatic N) is 4. The maximum Gasteiger partial charge on any atom is 0.362 e. The first-order valence-electron chi connectivity index (χ1n) is 7.94. The molecule has 0 radical (unpaired) electrons. The average molecular weight is 348 g/mol. The van der Waals surface area contributed by atoms with Crippen molar-refractivity contribution in [1.29, 1.82) is 0 Å². The fourth-order valence-electron chi connectivity index (χ4n) is 2.73. The summed E-state index contributed by atoms with van der Waals surface area (Å²) < 4.78 is 10.9. The van der Waals surface area contributed by atoms with Gasteiger partial charge in [0, 0.05) is 13.1 Å². The molecule has 0 spiro atoms. The van der Waals surface area contributed by atoms with Gasteiger partial charge in [0.15, 0.2) is 11.6 Å². The lowest BCUT2D eigenvalue weighted by atomic mass is 10.2. The minimum Gasteiger partial charge on any atom is -0.461 e. The standard InChI is InChI=1S/C16H20N4O3S/c1-4-22-16(21)13-15(20-8-10(2)23-11(3)9-20)17-14(19-18-13)12-6-5-7-24-12/h5-7,10-11H,4,8-9H2,1-3H3/t10-,11-/m0/s1. The van der Waals surface area contributed by atoms with E-state index >= 15 is 0 Å². The van der Waals surface area contributed by atoms with Crippen LogP contribution in [0.4, 0.5) is 5.82 Å². The first-order valence-corrected chi connectivity index (χ1v) is 8.82.